The van der Waals surface area contributed by atoms with Crippen LogP contribution >= 0.6 is 11.6 Å². The van der Waals surface area contributed by atoms with Crippen LogP contribution in [0.25, 0.3) is 0 Å². The first-order chi connectivity index (χ1) is 8.13. The van der Waals surface area contributed by atoms with Crippen LogP contribution in [0.2, 0.25) is 5.02 Å². The normalized spacial score (nSPS) is 10.0. The molecule has 0 N–H and O–H groups in total. The number of carbonyl (C=O) groups is 1. The molecule has 1 aromatic heterocycles. The van der Waals surface area contributed by atoms with Crippen molar-refractivity contribution in [3.8, 4) is 12.3 Å². The second kappa shape index (κ2) is 6.36. The zero-order valence-electron chi connectivity index (χ0n) is 10.2. The number of nitrogens with zero attached hydrogens (tertiary/aromatic N) is 2. The van der Waals surface area contributed by atoms with Gasteiger partial charge in [0.05, 0.1) is 11.6 Å². The molecule has 0 aromatic carbocycles. The van der Waals surface area contributed by atoms with Crippen LogP contribution in [0.5, 0.6) is 0 Å². The molecule has 0 aliphatic carbocycles. The van der Waals surface area contributed by atoms with Gasteiger partial charge in [0.2, 0.25) is 0 Å². The van der Waals surface area contributed by atoms with Crippen LogP contribution in [0.3, 0.4) is 0 Å². The third-order valence-electron chi connectivity index (χ3n) is 2.50. The molecule has 92 valence electrons. The topological polar surface area (TPSA) is 25.2 Å². The average Bonchev–Trinajstić information content (AvgIpc) is 2.67. The molecule has 0 bridgehead atoms. The molecule has 0 saturated heterocycles. The number of hydrogen-bond donors (Lipinski definition) is 0. The summed E-state index contributed by atoms with van der Waals surface area (Å²) in [5.41, 5.74) is 0.606. The van der Waals surface area contributed by atoms with E-state index in [0.29, 0.717) is 23.8 Å². The van der Waals surface area contributed by atoms with Gasteiger partial charge in [0, 0.05) is 19.3 Å². The second-order valence-corrected chi connectivity index (χ2v) is 4.20. The summed E-state index contributed by atoms with van der Waals surface area (Å²) in [5, 5.41) is 0.582. The molecular weight excluding hydrogens is 236 g/mol. The standard InChI is InChI=1S/C13H17ClN2O/c1-4-7-15(6-3)13(17)12-9-11(14)10-16(12)8-5-2/h1,9-10H,5-8H2,2-3H3. The van der Waals surface area contributed by atoms with Gasteiger partial charge in [0.15, 0.2) is 0 Å². The Labute approximate surface area is 107 Å². The van der Waals surface area contributed by atoms with Crippen LogP contribution in [-0.2, 0) is 6.54 Å². The maximum atomic E-state index is 12.2. The van der Waals surface area contributed by atoms with Crippen molar-refractivity contribution in [3.05, 3.63) is 23.0 Å². The largest absolute Gasteiger partial charge is 0.342 e. The van der Waals surface area contributed by atoms with Gasteiger partial charge in [-0.15, -0.1) is 6.42 Å². The summed E-state index contributed by atoms with van der Waals surface area (Å²) in [6.45, 7) is 5.66. The summed E-state index contributed by atoms with van der Waals surface area (Å²) >= 11 is 5.94. The van der Waals surface area contributed by atoms with E-state index in [0.717, 1.165) is 13.0 Å². The van der Waals surface area contributed by atoms with E-state index in [1.54, 1.807) is 17.2 Å². The van der Waals surface area contributed by atoms with Crippen molar-refractivity contribution in [1.29, 1.82) is 0 Å². The molecule has 0 radical (unpaired) electrons. The third kappa shape index (κ3) is 3.28. The van der Waals surface area contributed by atoms with Crippen molar-refractivity contribution in [2.75, 3.05) is 13.1 Å². The summed E-state index contributed by atoms with van der Waals surface area (Å²) in [5.74, 6) is 2.43. The molecule has 17 heavy (non-hydrogen) atoms. The Hall–Kier alpha value is -1.40. The lowest BCUT2D eigenvalue weighted by Crippen LogP contribution is -2.32. The fourth-order valence-electron chi connectivity index (χ4n) is 1.68. The summed E-state index contributed by atoms with van der Waals surface area (Å²) in [6, 6.07) is 1.69. The minimum atomic E-state index is -0.0641. The van der Waals surface area contributed by atoms with Crippen LogP contribution in [0.1, 0.15) is 30.8 Å². The average molecular weight is 253 g/mol. The zero-order chi connectivity index (χ0) is 12.8. The van der Waals surface area contributed by atoms with E-state index in [9.17, 15) is 4.79 Å². The number of rotatable bonds is 5. The Bertz CT molecular complexity index is 431. The van der Waals surface area contributed by atoms with Crippen LogP contribution in [0.15, 0.2) is 12.3 Å². The lowest BCUT2D eigenvalue weighted by atomic mass is 10.3. The molecule has 0 spiro atoms. The number of aryl methyl sites for hydroxylation is 1. The van der Waals surface area contributed by atoms with E-state index >= 15 is 0 Å². The molecule has 1 heterocycles. The molecule has 0 aliphatic rings. The molecule has 0 unspecified atom stereocenters. The molecular formula is C13H17ClN2O. The SMILES string of the molecule is C#CCN(CC)C(=O)c1cc(Cl)cn1CCC. The van der Waals surface area contributed by atoms with Crippen molar-refractivity contribution < 1.29 is 4.79 Å². The highest BCUT2D eigenvalue weighted by Crippen LogP contribution is 2.16. The fraction of sp³-hybridized carbons (Fsp3) is 0.462. The van der Waals surface area contributed by atoms with Gasteiger partial charge >= 0.3 is 0 Å². The van der Waals surface area contributed by atoms with Gasteiger partial charge in [-0.1, -0.05) is 24.4 Å². The van der Waals surface area contributed by atoms with E-state index in [-0.39, 0.29) is 5.91 Å². The molecule has 0 fully saturated rings. The second-order valence-electron chi connectivity index (χ2n) is 3.76. The monoisotopic (exact) mass is 252 g/mol. The summed E-state index contributed by atoms with van der Waals surface area (Å²) in [6.07, 6.45) is 7.98. The number of hydrogen-bond acceptors (Lipinski definition) is 1. The van der Waals surface area contributed by atoms with Gasteiger partial charge in [0.25, 0.3) is 5.91 Å². The van der Waals surface area contributed by atoms with E-state index < -0.39 is 0 Å². The molecule has 1 rings (SSSR count). The first-order valence-electron chi connectivity index (χ1n) is 5.72. The quantitative estimate of drug-likeness (QED) is 0.740. The first kappa shape index (κ1) is 13.7. The highest BCUT2D eigenvalue weighted by atomic mass is 35.5. The van der Waals surface area contributed by atoms with E-state index in [1.165, 1.54) is 0 Å². The minimum absolute atomic E-state index is 0.0641. The molecule has 4 heteroatoms. The van der Waals surface area contributed by atoms with E-state index in [4.69, 9.17) is 18.0 Å². The van der Waals surface area contributed by atoms with Gasteiger partial charge in [-0.2, -0.15) is 0 Å². The van der Waals surface area contributed by atoms with Crippen LogP contribution in [0.4, 0.5) is 0 Å². The highest BCUT2D eigenvalue weighted by molar-refractivity contribution is 6.31. The molecule has 3 nitrogen and oxygen atoms in total. The van der Waals surface area contributed by atoms with Crippen LogP contribution in [-0.4, -0.2) is 28.5 Å². The predicted octanol–water partition coefficient (Wildman–Crippen LogP) is 2.65. The molecule has 1 aromatic rings. The van der Waals surface area contributed by atoms with Crippen molar-refractivity contribution >= 4 is 17.5 Å². The Balaban J connectivity index is 2.98. The molecule has 0 atom stereocenters. The number of terminal acetylenes is 1. The first-order valence-corrected chi connectivity index (χ1v) is 6.10. The lowest BCUT2D eigenvalue weighted by Gasteiger charge is -2.18. The maximum Gasteiger partial charge on any atom is 0.271 e. The number of aromatic nitrogens is 1. The van der Waals surface area contributed by atoms with Gasteiger partial charge < -0.3 is 9.47 Å². The minimum Gasteiger partial charge on any atom is -0.342 e. The van der Waals surface area contributed by atoms with E-state index in [2.05, 4.69) is 12.8 Å². The maximum absolute atomic E-state index is 12.2. The van der Waals surface area contributed by atoms with Crippen molar-refractivity contribution in [1.82, 2.24) is 9.47 Å². The number of carbonyl (C=O) groups excluding carboxylic acids is 1. The third-order valence-corrected chi connectivity index (χ3v) is 2.70. The predicted molar refractivity (Wildman–Crippen MR) is 70.1 cm³/mol. The van der Waals surface area contributed by atoms with Gasteiger partial charge in [-0.25, -0.2) is 0 Å². The Morgan fingerprint density at radius 3 is 2.82 bits per heavy atom. The Morgan fingerprint density at radius 1 is 1.59 bits per heavy atom. The van der Waals surface area contributed by atoms with Crippen molar-refractivity contribution in [3.63, 3.8) is 0 Å². The molecule has 0 aliphatic heterocycles. The summed E-state index contributed by atoms with van der Waals surface area (Å²) in [4.78, 5) is 13.8. The smallest absolute Gasteiger partial charge is 0.271 e. The lowest BCUT2D eigenvalue weighted by molar-refractivity contribution is 0.0774. The zero-order valence-corrected chi connectivity index (χ0v) is 11.0. The van der Waals surface area contributed by atoms with Gasteiger partial charge in [-0.05, 0) is 19.4 Å². The fourth-order valence-corrected chi connectivity index (χ4v) is 1.90. The number of halogens is 1. The van der Waals surface area contributed by atoms with Crippen molar-refractivity contribution in [2.45, 2.75) is 26.8 Å². The van der Waals surface area contributed by atoms with Crippen LogP contribution in [0, 0.1) is 12.3 Å². The Kier molecular flexibility index (Phi) is 5.11. The molecule has 0 saturated carbocycles. The summed E-state index contributed by atoms with van der Waals surface area (Å²) < 4.78 is 1.88. The molecule has 1 amide bonds. The Morgan fingerprint density at radius 2 is 2.29 bits per heavy atom. The number of amides is 1. The van der Waals surface area contributed by atoms with Gasteiger partial charge in [0.1, 0.15) is 5.69 Å². The van der Waals surface area contributed by atoms with Gasteiger partial charge in [-0.3, -0.25) is 4.79 Å². The highest BCUT2D eigenvalue weighted by Gasteiger charge is 2.17. The van der Waals surface area contributed by atoms with Crippen LogP contribution < -0.4 is 0 Å². The summed E-state index contributed by atoms with van der Waals surface area (Å²) in [7, 11) is 0. The van der Waals surface area contributed by atoms with Crippen molar-refractivity contribution in [2.24, 2.45) is 0 Å². The van der Waals surface area contributed by atoms with E-state index in [1.807, 2.05) is 11.5 Å².